The van der Waals surface area contributed by atoms with Crippen molar-refractivity contribution in [3.8, 4) is 0 Å². The van der Waals surface area contributed by atoms with E-state index in [-0.39, 0.29) is 27.9 Å². The Balaban J connectivity index is 2.28. The number of alkyl carbamates (subject to hydrolysis) is 1. The van der Waals surface area contributed by atoms with Gasteiger partial charge in [0, 0.05) is 6.04 Å². The van der Waals surface area contributed by atoms with Crippen LogP contribution in [-0.2, 0) is 14.6 Å². The first kappa shape index (κ1) is 13.2. The Bertz CT molecular complexity index is 330. The summed E-state index contributed by atoms with van der Waals surface area (Å²) in [5.41, 5.74) is 0. The van der Waals surface area contributed by atoms with Gasteiger partial charge in [-0.25, -0.2) is 13.2 Å². The van der Waals surface area contributed by atoms with Crippen LogP contribution in [-0.4, -0.2) is 42.4 Å². The molecule has 0 aromatic carbocycles. The molecule has 0 aromatic rings. The van der Waals surface area contributed by atoms with Crippen LogP contribution >= 0.6 is 31.9 Å². The fraction of sp³-hybridized carbons (Fsp3) is 0.857. The largest absolute Gasteiger partial charge is 0.447 e. The summed E-state index contributed by atoms with van der Waals surface area (Å²) in [4.78, 5) is 11.1. The molecule has 1 aliphatic heterocycles. The molecule has 1 atom stereocenters. The number of nitrogens with one attached hydrogen (secondary N) is 1. The SMILES string of the molecule is O=C(NC1CCS(=O)(=O)C1)OCC(Br)Br. The van der Waals surface area contributed by atoms with Crippen LogP contribution < -0.4 is 5.32 Å². The van der Waals surface area contributed by atoms with E-state index in [1.165, 1.54) is 0 Å². The maximum Gasteiger partial charge on any atom is 0.407 e. The summed E-state index contributed by atoms with van der Waals surface area (Å²) in [6.07, 6.45) is -0.121. The summed E-state index contributed by atoms with van der Waals surface area (Å²) in [7, 11) is -2.96. The molecule has 1 N–H and O–H groups in total. The van der Waals surface area contributed by atoms with Gasteiger partial charge in [-0.15, -0.1) is 0 Å². The molecule has 1 aliphatic rings. The van der Waals surface area contributed by atoms with Crippen molar-refractivity contribution in [2.75, 3.05) is 18.1 Å². The van der Waals surface area contributed by atoms with Crippen molar-refractivity contribution in [2.45, 2.75) is 16.2 Å². The Morgan fingerprint density at radius 1 is 1.53 bits per heavy atom. The van der Waals surface area contributed by atoms with Crippen molar-refractivity contribution >= 4 is 47.8 Å². The van der Waals surface area contributed by atoms with E-state index >= 15 is 0 Å². The van der Waals surface area contributed by atoms with Crippen LogP contribution in [0.1, 0.15) is 6.42 Å². The van der Waals surface area contributed by atoms with Gasteiger partial charge in [0.1, 0.15) is 10.3 Å². The summed E-state index contributed by atoms with van der Waals surface area (Å²) in [6, 6.07) is -0.313. The van der Waals surface area contributed by atoms with Gasteiger partial charge in [-0.3, -0.25) is 0 Å². The molecule has 1 unspecified atom stereocenters. The van der Waals surface area contributed by atoms with E-state index < -0.39 is 15.9 Å². The normalized spacial score (nSPS) is 24.1. The van der Waals surface area contributed by atoms with Crippen molar-refractivity contribution in [1.82, 2.24) is 5.32 Å². The van der Waals surface area contributed by atoms with Gasteiger partial charge in [0.15, 0.2) is 9.84 Å². The maximum atomic E-state index is 11.1. The minimum absolute atomic E-state index is 0.00809. The lowest BCUT2D eigenvalue weighted by Gasteiger charge is -2.11. The monoisotopic (exact) mass is 363 g/mol. The molecule has 1 fully saturated rings. The lowest BCUT2D eigenvalue weighted by atomic mass is 10.3. The van der Waals surface area contributed by atoms with Crippen LogP contribution in [0.4, 0.5) is 4.79 Å². The molecule has 88 valence electrons. The Morgan fingerprint density at radius 3 is 2.67 bits per heavy atom. The molecule has 1 heterocycles. The van der Waals surface area contributed by atoms with E-state index in [1.807, 2.05) is 0 Å². The number of amides is 1. The number of carbonyl (C=O) groups is 1. The smallest absolute Gasteiger partial charge is 0.407 e. The number of halogens is 2. The average molecular weight is 365 g/mol. The second-order valence-electron chi connectivity index (χ2n) is 3.23. The highest BCUT2D eigenvalue weighted by Gasteiger charge is 2.29. The average Bonchev–Trinajstić information content (AvgIpc) is 2.42. The molecule has 0 bridgehead atoms. The van der Waals surface area contributed by atoms with Crippen molar-refractivity contribution in [1.29, 1.82) is 0 Å². The molecule has 0 aliphatic carbocycles. The predicted molar refractivity (Wildman–Crippen MR) is 63.2 cm³/mol. The molecule has 1 rings (SSSR count). The third-order valence-corrected chi connectivity index (χ3v) is 4.19. The molecule has 8 heteroatoms. The van der Waals surface area contributed by atoms with Gasteiger partial charge in [-0.2, -0.15) is 0 Å². The summed E-state index contributed by atoms with van der Waals surface area (Å²) in [6.45, 7) is 0.186. The fourth-order valence-corrected chi connectivity index (χ4v) is 3.19. The van der Waals surface area contributed by atoms with Crippen LogP contribution in [0.25, 0.3) is 0 Å². The Morgan fingerprint density at radius 2 is 2.20 bits per heavy atom. The maximum absolute atomic E-state index is 11.1. The molecule has 0 spiro atoms. The number of hydrogen-bond acceptors (Lipinski definition) is 4. The van der Waals surface area contributed by atoms with Crippen molar-refractivity contribution in [2.24, 2.45) is 0 Å². The third-order valence-electron chi connectivity index (χ3n) is 1.89. The lowest BCUT2D eigenvalue weighted by Crippen LogP contribution is -2.36. The number of rotatable bonds is 3. The second-order valence-corrected chi connectivity index (χ2v) is 8.90. The summed E-state index contributed by atoms with van der Waals surface area (Å²) >= 11 is 6.30. The summed E-state index contributed by atoms with van der Waals surface area (Å²) in [5.74, 6) is 0.144. The topological polar surface area (TPSA) is 72.5 Å². The molecule has 0 aromatic heterocycles. The van der Waals surface area contributed by atoms with Gasteiger partial charge in [-0.05, 0) is 6.42 Å². The Labute approximate surface area is 105 Å². The number of ether oxygens (including phenoxy) is 1. The van der Waals surface area contributed by atoms with Gasteiger partial charge in [0.2, 0.25) is 0 Å². The molecule has 15 heavy (non-hydrogen) atoms. The second kappa shape index (κ2) is 5.49. The molecule has 5 nitrogen and oxygen atoms in total. The Hall–Kier alpha value is 0.180. The highest BCUT2D eigenvalue weighted by Crippen LogP contribution is 2.12. The minimum Gasteiger partial charge on any atom is -0.447 e. The van der Waals surface area contributed by atoms with Crippen LogP contribution in [0.15, 0.2) is 0 Å². The first-order valence-corrected chi connectivity index (χ1v) is 7.96. The van der Waals surface area contributed by atoms with E-state index in [0.717, 1.165) is 0 Å². The zero-order valence-corrected chi connectivity index (χ0v) is 11.8. The standard InChI is InChI=1S/C7H11Br2NO4S/c8-6(9)3-14-7(11)10-5-1-2-15(12,13)4-5/h5-6H,1-4H2,(H,10,11). The van der Waals surface area contributed by atoms with Crippen molar-refractivity contribution < 1.29 is 17.9 Å². The first-order chi connectivity index (χ1) is 6.89. The number of hydrogen-bond donors (Lipinski definition) is 1. The zero-order chi connectivity index (χ0) is 11.5. The summed E-state index contributed by atoms with van der Waals surface area (Å²) in [5, 5.41) is 2.51. The fourth-order valence-electron chi connectivity index (χ4n) is 1.26. The van der Waals surface area contributed by atoms with Crippen molar-refractivity contribution in [3.63, 3.8) is 0 Å². The van der Waals surface area contributed by atoms with Crippen LogP contribution in [0, 0.1) is 0 Å². The van der Waals surface area contributed by atoms with Gasteiger partial charge in [0.05, 0.1) is 11.5 Å². The van der Waals surface area contributed by atoms with E-state index in [4.69, 9.17) is 4.74 Å². The number of carbonyl (C=O) groups excluding carboxylic acids is 1. The van der Waals surface area contributed by atoms with Crippen LogP contribution in [0.5, 0.6) is 0 Å². The van der Waals surface area contributed by atoms with Crippen LogP contribution in [0.3, 0.4) is 0 Å². The van der Waals surface area contributed by atoms with Gasteiger partial charge in [0.25, 0.3) is 0 Å². The molecular weight excluding hydrogens is 354 g/mol. The van der Waals surface area contributed by atoms with Gasteiger partial charge in [-0.1, -0.05) is 31.9 Å². The molecule has 1 amide bonds. The Kier molecular flexibility index (Phi) is 4.85. The minimum atomic E-state index is -2.96. The van der Waals surface area contributed by atoms with E-state index in [9.17, 15) is 13.2 Å². The number of alkyl halides is 2. The number of sulfone groups is 1. The summed E-state index contributed by atoms with van der Waals surface area (Å²) < 4.78 is 26.9. The molecule has 1 saturated heterocycles. The van der Waals surface area contributed by atoms with Gasteiger partial charge < -0.3 is 10.1 Å². The highest BCUT2D eigenvalue weighted by atomic mass is 79.9. The predicted octanol–water partition coefficient (Wildman–Crippen LogP) is 1.02. The molecular formula is C7H11Br2NO4S. The quantitative estimate of drug-likeness (QED) is 0.759. The molecule has 0 saturated carbocycles. The highest BCUT2D eigenvalue weighted by molar-refractivity contribution is 9.24. The molecule has 0 radical (unpaired) electrons. The first-order valence-electron chi connectivity index (χ1n) is 4.31. The zero-order valence-electron chi connectivity index (χ0n) is 7.78. The van der Waals surface area contributed by atoms with E-state index in [1.54, 1.807) is 0 Å². The van der Waals surface area contributed by atoms with Crippen LogP contribution in [0.2, 0.25) is 0 Å². The third kappa shape index (κ3) is 5.17. The van der Waals surface area contributed by atoms with E-state index in [0.29, 0.717) is 6.42 Å². The van der Waals surface area contributed by atoms with E-state index in [2.05, 4.69) is 37.2 Å². The van der Waals surface area contributed by atoms with Crippen molar-refractivity contribution in [3.05, 3.63) is 0 Å². The van der Waals surface area contributed by atoms with Gasteiger partial charge >= 0.3 is 6.09 Å². The lowest BCUT2D eigenvalue weighted by molar-refractivity contribution is 0.149.